The number of nitrogens with one attached hydrogen (secondary N) is 2. The molecule has 6 nitrogen and oxygen atoms in total. The molecule has 0 saturated carbocycles. The zero-order valence-corrected chi connectivity index (χ0v) is 9.58. The number of hydrogen-bond acceptors (Lipinski definition) is 6. The molecule has 0 aliphatic carbocycles. The average Bonchev–Trinajstić information content (AvgIpc) is 2.73. The molecule has 0 radical (unpaired) electrons. The average molecular weight is 227 g/mol. The highest BCUT2D eigenvalue weighted by atomic mass is 16.5. The summed E-state index contributed by atoms with van der Waals surface area (Å²) < 4.78 is 9.84. The predicted octanol–water partition coefficient (Wildman–Crippen LogP) is 0.873. The van der Waals surface area contributed by atoms with Gasteiger partial charge >= 0.3 is 5.97 Å². The van der Waals surface area contributed by atoms with Gasteiger partial charge in [-0.15, -0.1) is 0 Å². The third kappa shape index (κ3) is 3.90. The second-order valence-electron chi connectivity index (χ2n) is 3.04. The molecule has 0 aromatic carbocycles. The maximum absolute atomic E-state index is 11.2. The van der Waals surface area contributed by atoms with Crippen LogP contribution in [0.1, 0.15) is 24.3 Å². The SMILES string of the molecule is CCNCCNc1nc(C(=O)OCC)co1. The second kappa shape index (κ2) is 6.84. The van der Waals surface area contributed by atoms with Crippen LogP contribution in [-0.4, -0.2) is 37.2 Å². The van der Waals surface area contributed by atoms with Gasteiger partial charge in [0.15, 0.2) is 5.69 Å². The van der Waals surface area contributed by atoms with E-state index in [0.717, 1.165) is 13.1 Å². The molecule has 0 bridgehead atoms. The van der Waals surface area contributed by atoms with Crippen LogP contribution in [0.25, 0.3) is 0 Å². The van der Waals surface area contributed by atoms with Gasteiger partial charge in [-0.25, -0.2) is 4.79 Å². The number of oxazole rings is 1. The summed E-state index contributed by atoms with van der Waals surface area (Å²) in [5.41, 5.74) is 0.188. The lowest BCUT2D eigenvalue weighted by Gasteiger charge is -2.01. The summed E-state index contributed by atoms with van der Waals surface area (Å²) in [6.07, 6.45) is 1.29. The van der Waals surface area contributed by atoms with Crippen molar-refractivity contribution in [3.63, 3.8) is 0 Å². The minimum Gasteiger partial charge on any atom is -0.461 e. The predicted molar refractivity (Wildman–Crippen MR) is 59.5 cm³/mol. The topological polar surface area (TPSA) is 76.4 Å². The van der Waals surface area contributed by atoms with Gasteiger partial charge in [0.25, 0.3) is 6.01 Å². The Morgan fingerprint density at radius 3 is 3.00 bits per heavy atom. The Kier molecular flexibility index (Phi) is 5.35. The maximum Gasteiger partial charge on any atom is 0.360 e. The number of anilines is 1. The van der Waals surface area contributed by atoms with Crippen LogP contribution in [0.15, 0.2) is 10.7 Å². The lowest BCUT2D eigenvalue weighted by atomic mass is 10.5. The van der Waals surface area contributed by atoms with E-state index in [1.807, 2.05) is 6.92 Å². The summed E-state index contributed by atoms with van der Waals surface area (Å²) >= 11 is 0. The number of hydrogen-bond donors (Lipinski definition) is 2. The van der Waals surface area contributed by atoms with E-state index in [4.69, 9.17) is 9.15 Å². The first-order valence-corrected chi connectivity index (χ1v) is 5.35. The molecule has 0 aliphatic heterocycles. The molecule has 1 aromatic rings. The number of ether oxygens (including phenoxy) is 1. The summed E-state index contributed by atoms with van der Waals surface area (Å²) in [5, 5.41) is 6.09. The Hall–Kier alpha value is -1.56. The molecule has 1 heterocycles. The Morgan fingerprint density at radius 1 is 1.50 bits per heavy atom. The van der Waals surface area contributed by atoms with Gasteiger partial charge in [0.2, 0.25) is 0 Å². The van der Waals surface area contributed by atoms with Crippen LogP contribution in [0, 0.1) is 0 Å². The van der Waals surface area contributed by atoms with Crippen LogP contribution < -0.4 is 10.6 Å². The molecule has 0 atom stereocenters. The number of carbonyl (C=O) groups excluding carboxylic acids is 1. The van der Waals surface area contributed by atoms with Gasteiger partial charge in [0.05, 0.1) is 6.61 Å². The molecular formula is C10H17N3O3. The van der Waals surface area contributed by atoms with Crippen LogP contribution in [0.5, 0.6) is 0 Å². The number of aromatic nitrogens is 1. The molecule has 0 fully saturated rings. The van der Waals surface area contributed by atoms with Crippen molar-refractivity contribution in [2.45, 2.75) is 13.8 Å². The number of carbonyl (C=O) groups is 1. The molecule has 0 aliphatic rings. The third-order valence-corrected chi connectivity index (χ3v) is 1.82. The van der Waals surface area contributed by atoms with E-state index in [0.29, 0.717) is 19.2 Å². The van der Waals surface area contributed by atoms with Crippen LogP contribution in [0.2, 0.25) is 0 Å². The third-order valence-electron chi connectivity index (χ3n) is 1.82. The van der Waals surface area contributed by atoms with Crippen molar-refractivity contribution in [1.29, 1.82) is 0 Å². The summed E-state index contributed by atoms with van der Waals surface area (Å²) in [6.45, 7) is 6.53. The van der Waals surface area contributed by atoms with Crippen LogP contribution in [0.4, 0.5) is 6.01 Å². The quantitative estimate of drug-likeness (QED) is 0.532. The Balaban J connectivity index is 2.36. The minimum atomic E-state index is -0.467. The van der Waals surface area contributed by atoms with E-state index in [2.05, 4.69) is 15.6 Å². The highest BCUT2D eigenvalue weighted by Crippen LogP contribution is 2.07. The first kappa shape index (κ1) is 12.5. The lowest BCUT2D eigenvalue weighted by Crippen LogP contribution is -2.21. The number of rotatable bonds is 7. The van der Waals surface area contributed by atoms with Gasteiger partial charge in [-0.1, -0.05) is 6.92 Å². The molecule has 90 valence electrons. The van der Waals surface area contributed by atoms with Crippen LogP contribution in [0.3, 0.4) is 0 Å². The molecule has 0 amide bonds. The van der Waals surface area contributed by atoms with Crippen molar-refractivity contribution in [3.05, 3.63) is 12.0 Å². The van der Waals surface area contributed by atoms with Gasteiger partial charge in [-0.2, -0.15) is 4.98 Å². The van der Waals surface area contributed by atoms with Crippen molar-refractivity contribution >= 4 is 12.0 Å². The Labute approximate surface area is 94.4 Å². The second-order valence-corrected chi connectivity index (χ2v) is 3.04. The van der Waals surface area contributed by atoms with E-state index < -0.39 is 5.97 Å². The lowest BCUT2D eigenvalue weighted by molar-refractivity contribution is 0.0519. The number of likely N-dealkylation sites (N-methyl/N-ethyl adjacent to an activating group) is 1. The highest BCUT2D eigenvalue weighted by Gasteiger charge is 2.12. The monoisotopic (exact) mass is 227 g/mol. The van der Waals surface area contributed by atoms with E-state index in [-0.39, 0.29) is 5.69 Å². The van der Waals surface area contributed by atoms with E-state index >= 15 is 0 Å². The van der Waals surface area contributed by atoms with Gasteiger partial charge in [0, 0.05) is 13.1 Å². The summed E-state index contributed by atoms with van der Waals surface area (Å²) in [7, 11) is 0. The standard InChI is InChI=1S/C10H17N3O3/c1-3-11-5-6-12-10-13-8(7-16-10)9(14)15-4-2/h7,11H,3-6H2,1-2H3,(H,12,13). The molecule has 0 unspecified atom stereocenters. The summed E-state index contributed by atoms with van der Waals surface area (Å²) in [6, 6.07) is 0.334. The fourth-order valence-electron chi connectivity index (χ4n) is 1.09. The molecule has 0 saturated heterocycles. The van der Waals surface area contributed by atoms with E-state index in [1.54, 1.807) is 6.92 Å². The van der Waals surface area contributed by atoms with Crippen molar-refractivity contribution in [3.8, 4) is 0 Å². The fourth-order valence-corrected chi connectivity index (χ4v) is 1.09. The molecule has 16 heavy (non-hydrogen) atoms. The fraction of sp³-hybridized carbons (Fsp3) is 0.600. The van der Waals surface area contributed by atoms with Crippen molar-refractivity contribution in [2.24, 2.45) is 0 Å². The van der Waals surface area contributed by atoms with Gasteiger partial charge < -0.3 is 19.8 Å². The van der Waals surface area contributed by atoms with Crippen molar-refractivity contribution in [1.82, 2.24) is 10.3 Å². The summed E-state index contributed by atoms with van der Waals surface area (Å²) in [4.78, 5) is 15.2. The van der Waals surface area contributed by atoms with Crippen molar-refractivity contribution in [2.75, 3.05) is 31.6 Å². The molecule has 1 aromatic heterocycles. The van der Waals surface area contributed by atoms with Gasteiger partial charge in [-0.3, -0.25) is 0 Å². The van der Waals surface area contributed by atoms with Gasteiger partial charge in [-0.05, 0) is 13.5 Å². The zero-order valence-electron chi connectivity index (χ0n) is 9.58. The Bertz CT molecular complexity index is 325. The molecule has 1 rings (SSSR count). The normalized spacial score (nSPS) is 10.1. The first-order valence-electron chi connectivity index (χ1n) is 5.35. The number of nitrogens with zero attached hydrogens (tertiary/aromatic N) is 1. The zero-order chi connectivity index (χ0) is 11.8. The largest absolute Gasteiger partial charge is 0.461 e. The van der Waals surface area contributed by atoms with Crippen LogP contribution in [-0.2, 0) is 4.74 Å². The van der Waals surface area contributed by atoms with Crippen molar-refractivity contribution < 1.29 is 13.9 Å². The van der Waals surface area contributed by atoms with E-state index in [1.165, 1.54) is 6.26 Å². The molecule has 0 spiro atoms. The summed E-state index contributed by atoms with van der Waals surface area (Å²) in [5.74, 6) is -0.467. The Morgan fingerprint density at radius 2 is 2.31 bits per heavy atom. The number of esters is 1. The molecular weight excluding hydrogens is 210 g/mol. The maximum atomic E-state index is 11.2. The first-order chi connectivity index (χ1) is 7.77. The van der Waals surface area contributed by atoms with E-state index in [9.17, 15) is 4.79 Å². The highest BCUT2D eigenvalue weighted by molar-refractivity contribution is 5.87. The van der Waals surface area contributed by atoms with Gasteiger partial charge in [0.1, 0.15) is 6.26 Å². The molecule has 6 heteroatoms. The smallest absolute Gasteiger partial charge is 0.360 e. The van der Waals surface area contributed by atoms with Crippen LogP contribution >= 0.6 is 0 Å². The molecule has 2 N–H and O–H groups in total. The minimum absolute atomic E-state index is 0.188.